The first kappa shape index (κ1) is 17.9. The third-order valence-electron chi connectivity index (χ3n) is 5.28. The van der Waals surface area contributed by atoms with Crippen LogP contribution in [0.25, 0.3) is 0 Å². The Labute approximate surface area is 151 Å². The standard InChI is InChI=1S/C18H31N7/c1-3-23-10-5-4-7-16(23)15-22-17(19-2)24-11-13-25(14-12-24)18-20-8-6-9-21-18/h6,8-9,16H,3-5,7,10-15H2,1-2H3,(H,19,22). The first-order chi connectivity index (χ1) is 12.3. The third kappa shape index (κ3) is 4.60. The summed E-state index contributed by atoms with van der Waals surface area (Å²) in [6.45, 7) is 9.36. The van der Waals surface area contributed by atoms with Crippen LogP contribution in [0.15, 0.2) is 23.5 Å². The number of hydrogen-bond donors (Lipinski definition) is 1. The highest BCUT2D eigenvalue weighted by Crippen LogP contribution is 2.16. The van der Waals surface area contributed by atoms with Gasteiger partial charge < -0.3 is 15.1 Å². The van der Waals surface area contributed by atoms with E-state index in [-0.39, 0.29) is 0 Å². The van der Waals surface area contributed by atoms with Gasteiger partial charge in [-0.1, -0.05) is 13.3 Å². The predicted molar refractivity (Wildman–Crippen MR) is 102 cm³/mol. The summed E-state index contributed by atoms with van der Waals surface area (Å²) in [5.41, 5.74) is 0. The van der Waals surface area contributed by atoms with E-state index < -0.39 is 0 Å². The Morgan fingerprint density at radius 3 is 2.60 bits per heavy atom. The second-order valence-electron chi connectivity index (χ2n) is 6.73. The number of nitrogens with one attached hydrogen (secondary N) is 1. The number of nitrogens with zero attached hydrogens (tertiary/aromatic N) is 6. The summed E-state index contributed by atoms with van der Waals surface area (Å²) < 4.78 is 0. The van der Waals surface area contributed by atoms with Gasteiger partial charge in [-0.25, -0.2) is 9.97 Å². The minimum Gasteiger partial charge on any atom is -0.355 e. The second-order valence-corrected chi connectivity index (χ2v) is 6.73. The molecule has 2 aliphatic heterocycles. The Kier molecular flexibility index (Phi) is 6.44. The van der Waals surface area contributed by atoms with Crippen molar-refractivity contribution in [1.29, 1.82) is 0 Å². The van der Waals surface area contributed by atoms with Crippen molar-refractivity contribution in [2.24, 2.45) is 4.99 Å². The van der Waals surface area contributed by atoms with E-state index in [1.54, 1.807) is 12.4 Å². The average Bonchev–Trinajstić information content (AvgIpc) is 2.70. The van der Waals surface area contributed by atoms with E-state index in [0.29, 0.717) is 6.04 Å². The van der Waals surface area contributed by atoms with Crippen LogP contribution >= 0.6 is 0 Å². The van der Waals surface area contributed by atoms with Crippen LogP contribution in [0.3, 0.4) is 0 Å². The Hall–Kier alpha value is -1.89. The molecule has 0 radical (unpaired) electrons. The summed E-state index contributed by atoms with van der Waals surface area (Å²) in [6, 6.07) is 2.49. The van der Waals surface area contributed by atoms with Gasteiger partial charge in [-0.3, -0.25) is 9.89 Å². The molecule has 0 spiro atoms. The molecular weight excluding hydrogens is 314 g/mol. The van der Waals surface area contributed by atoms with E-state index >= 15 is 0 Å². The lowest BCUT2D eigenvalue weighted by Gasteiger charge is -2.38. The molecule has 1 aromatic rings. The van der Waals surface area contributed by atoms with Crippen molar-refractivity contribution in [3.8, 4) is 0 Å². The van der Waals surface area contributed by atoms with Crippen LogP contribution in [0.2, 0.25) is 0 Å². The van der Waals surface area contributed by atoms with E-state index in [9.17, 15) is 0 Å². The molecule has 0 amide bonds. The highest BCUT2D eigenvalue weighted by atomic mass is 15.4. The maximum absolute atomic E-state index is 4.51. The maximum atomic E-state index is 4.51. The highest BCUT2D eigenvalue weighted by molar-refractivity contribution is 5.80. The zero-order valence-corrected chi connectivity index (χ0v) is 15.6. The third-order valence-corrected chi connectivity index (χ3v) is 5.28. The van der Waals surface area contributed by atoms with E-state index in [1.165, 1.54) is 25.8 Å². The molecule has 1 N–H and O–H groups in total. The van der Waals surface area contributed by atoms with Gasteiger partial charge in [-0.2, -0.15) is 0 Å². The minimum atomic E-state index is 0.634. The van der Waals surface area contributed by atoms with Gasteiger partial charge in [0.2, 0.25) is 5.95 Å². The number of aliphatic imine (C=N–C) groups is 1. The van der Waals surface area contributed by atoms with Crippen LogP contribution in [0, 0.1) is 0 Å². The molecule has 2 aliphatic rings. The molecule has 3 rings (SSSR count). The Balaban J connectivity index is 1.49. The van der Waals surface area contributed by atoms with Crippen molar-refractivity contribution in [2.45, 2.75) is 32.2 Å². The molecule has 7 heteroatoms. The van der Waals surface area contributed by atoms with Crippen LogP contribution in [-0.2, 0) is 0 Å². The molecule has 1 unspecified atom stereocenters. The maximum Gasteiger partial charge on any atom is 0.225 e. The molecule has 7 nitrogen and oxygen atoms in total. The minimum absolute atomic E-state index is 0.634. The number of piperazine rings is 1. The molecule has 2 fully saturated rings. The monoisotopic (exact) mass is 345 g/mol. The Bertz CT molecular complexity index is 540. The molecule has 0 aromatic carbocycles. The van der Waals surface area contributed by atoms with Gasteiger partial charge in [-0.15, -0.1) is 0 Å². The SMILES string of the molecule is CCN1CCCCC1CNC(=NC)N1CCN(c2ncccn2)CC1. The topological polar surface area (TPSA) is 59.9 Å². The van der Waals surface area contributed by atoms with Gasteiger partial charge in [0.1, 0.15) is 0 Å². The summed E-state index contributed by atoms with van der Waals surface area (Å²) in [7, 11) is 1.88. The van der Waals surface area contributed by atoms with Gasteiger partial charge in [-0.05, 0) is 32.0 Å². The van der Waals surface area contributed by atoms with Crippen molar-refractivity contribution >= 4 is 11.9 Å². The van der Waals surface area contributed by atoms with Gasteiger partial charge >= 0.3 is 0 Å². The lowest BCUT2D eigenvalue weighted by Crippen LogP contribution is -2.55. The zero-order valence-electron chi connectivity index (χ0n) is 15.6. The van der Waals surface area contributed by atoms with Crippen LogP contribution < -0.4 is 10.2 Å². The van der Waals surface area contributed by atoms with Crippen molar-refractivity contribution in [3.63, 3.8) is 0 Å². The first-order valence-corrected chi connectivity index (χ1v) is 9.53. The number of aromatic nitrogens is 2. The molecule has 0 aliphatic carbocycles. The van der Waals surface area contributed by atoms with Gasteiger partial charge in [0, 0.05) is 58.2 Å². The molecule has 2 saturated heterocycles. The highest BCUT2D eigenvalue weighted by Gasteiger charge is 2.24. The molecule has 25 heavy (non-hydrogen) atoms. The molecule has 0 bridgehead atoms. The summed E-state index contributed by atoms with van der Waals surface area (Å²) in [5, 5.41) is 3.61. The average molecular weight is 345 g/mol. The number of anilines is 1. The number of piperidine rings is 1. The van der Waals surface area contributed by atoms with Crippen molar-refractivity contribution in [2.75, 3.05) is 57.8 Å². The zero-order chi connectivity index (χ0) is 17.5. The normalized spacial score (nSPS) is 23.0. The molecule has 1 aromatic heterocycles. The van der Waals surface area contributed by atoms with E-state index in [4.69, 9.17) is 0 Å². The molecule has 3 heterocycles. The first-order valence-electron chi connectivity index (χ1n) is 9.53. The van der Waals surface area contributed by atoms with Crippen LogP contribution in [0.5, 0.6) is 0 Å². The molecule has 1 atom stereocenters. The summed E-state index contributed by atoms with van der Waals surface area (Å²) >= 11 is 0. The van der Waals surface area contributed by atoms with Crippen molar-refractivity contribution in [3.05, 3.63) is 18.5 Å². The molecular formula is C18H31N7. The fourth-order valence-electron chi connectivity index (χ4n) is 3.82. The quantitative estimate of drug-likeness (QED) is 0.650. The lowest BCUT2D eigenvalue weighted by atomic mass is 10.0. The van der Waals surface area contributed by atoms with Gasteiger partial charge in [0.25, 0.3) is 0 Å². The van der Waals surface area contributed by atoms with E-state index in [0.717, 1.165) is 51.2 Å². The largest absolute Gasteiger partial charge is 0.355 e. The summed E-state index contributed by atoms with van der Waals surface area (Å²) in [4.78, 5) is 20.4. The Morgan fingerprint density at radius 2 is 1.92 bits per heavy atom. The lowest BCUT2D eigenvalue weighted by molar-refractivity contribution is 0.156. The fourth-order valence-corrected chi connectivity index (χ4v) is 3.82. The number of likely N-dealkylation sites (N-methyl/N-ethyl adjacent to an activating group) is 1. The van der Waals surface area contributed by atoms with Crippen LogP contribution in [-0.4, -0.2) is 84.6 Å². The second kappa shape index (κ2) is 8.99. The van der Waals surface area contributed by atoms with E-state index in [2.05, 4.69) is 41.9 Å². The van der Waals surface area contributed by atoms with Crippen LogP contribution in [0.4, 0.5) is 5.95 Å². The Morgan fingerprint density at radius 1 is 1.16 bits per heavy atom. The number of rotatable bonds is 4. The summed E-state index contributed by atoms with van der Waals surface area (Å²) in [5.74, 6) is 1.85. The van der Waals surface area contributed by atoms with Crippen LogP contribution in [0.1, 0.15) is 26.2 Å². The van der Waals surface area contributed by atoms with E-state index in [1.807, 2.05) is 13.1 Å². The molecule has 138 valence electrons. The predicted octanol–water partition coefficient (Wildman–Crippen LogP) is 1.05. The van der Waals surface area contributed by atoms with Crippen molar-refractivity contribution < 1.29 is 0 Å². The summed E-state index contributed by atoms with van der Waals surface area (Å²) in [6.07, 6.45) is 7.58. The smallest absolute Gasteiger partial charge is 0.225 e. The number of hydrogen-bond acceptors (Lipinski definition) is 5. The van der Waals surface area contributed by atoms with Crippen molar-refractivity contribution in [1.82, 2.24) is 25.1 Å². The van der Waals surface area contributed by atoms with Gasteiger partial charge in [0.15, 0.2) is 5.96 Å². The molecule has 0 saturated carbocycles. The number of likely N-dealkylation sites (tertiary alicyclic amines) is 1. The fraction of sp³-hybridized carbons (Fsp3) is 0.722. The number of guanidine groups is 1. The van der Waals surface area contributed by atoms with Gasteiger partial charge in [0.05, 0.1) is 0 Å².